The minimum absolute atomic E-state index is 0.102. The highest BCUT2D eigenvalue weighted by Crippen LogP contribution is 2.30. The number of hydrogen-bond donors (Lipinski definition) is 0. The maximum absolute atomic E-state index is 12.6. The molecule has 112 valence electrons. The fraction of sp³-hybridized carbons (Fsp3) is 0.200. The zero-order valence-electron chi connectivity index (χ0n) is 11.2. The van der Waals surface area contributed by atoms with Gasteiger partial charge in [0.15, 0.2) is 9.84 Å². The summed E-state index contributed by atoms with van der Waals surface area (Å²) in [6, 6.07) is 10.6. The fourth-order valence-corrected chi connectivity index (χ4v) is 3.22. The van der Waals surface area contributed by atoms with E-state index in [-0.39, 0.29) is 10.5 Å². The van der Waals surface area contributed by atoms with Crippen LogP contribution in [0.1, 0.15) is 16.7 Å². The van der Waals surface area contributed by atoms with Crippen LogP contribution in [0.25, 0.3) is 0 Å². The summed E-state index contributed by atoms with van der Waals surface area (Å²) in [7, 11) is -3.66. The third kappa shape index (κ3) is 3.85. The Labute approximate surface area is 121 Å². The fourth-order valence-electron chi connectivity index (χ4n) is 1.89. The second-order valence-electron chi connectivity index (χ2n) is 4.77. The van der Waals surface area contributed by atoms with E-state index >= 15 is 0 Å². The third-order valence-corrected chi connectivity index (χ3v) is 4.69. The van der Waals surface area contributed by atoms with Gasteiger partial charge in [0.25, 0.3) is 0 Å². The van der Waals surface area contributed by atoms with Gasteiger partial charge in [-0.3, -0.25) is 0 Å². The lowest BCUT2D eigenvalue weighted by Gasteiger charge is -2.09. The van der Waals surface area contributed by atoms with Gasteiger partial charge in [0.2, 0.25) is 0 Å². The normalized spacial score (nSPS) is 12.4. The Hall–Kier alpha value is -1.82. The molecule has 2 aromatic carbocycles. The molecule has 2 aromatic rings. The van der Waals surface area contributed by atoms with Crippen molar-refractivity contribution in [3.05, 3.63) is 65.2 Å². The van der Waals surface area contributed by atoms with E-state index < -0.39 is 27.3 Å². The number of aryl methyl sites for hydroxylation is 1. The van der Waals surface area contributed by atoms with E-state index in [0.29, 0.717) is 0 Å². The molecule has 0 heterocycles. The standard InChI is InChI=1S/C15H13F3O2S/c1-11-5-7-14(8-6-11)21(19,20)10-12-3-2-4-13(9-12)15(16,17)18/h2-9H,10H2,1H3. The molecule has 0 aliphatic carbocycles. The first-order valence-corrected chi connectivity index (χ1v) is 7.79. The van der Waals surface area contributed by atoms with Crippen LogP contribution in [0.3, 0.4) is 0 Å². The first-order chi connectivity index (χ1) is 9.68. The molecule has 0 saturated heterocycles. The van der Waals surface area contributed by atoms with Crippen LogP contribution in [0.2, 0.25) is 0 Å². The molecule has 6 heteroatoms. The summed E-state index contributed by atoms with van der Waals surface area (Å²) in [5.41, 5.74) is 0.178. The van der Waals surface area contributed by atoms with Crippen molar-refractivity contribution in [3.8, 4) is 0 Å². The van der Waals surface area contributed by atoms with Gasteiger partial charge in [0.1, 0.15) is 0 Å². The number of rotatable bonds is 3. The van der Waals surface area contributed by atoms with Gasteiger partial charge in [-0.15, -0.1) is 0 Å². The van der Waals surface area contributed by atoms with Crippen LogP contribution in [-0.2, 0) is 21.8 Å². The van der Waals surface area contributed by atoms with E-state index in [4.69, 9.17) is 0 Å². The average Bonchev–Trinajstić information content (AvgIpc) is 2.38. The van der Waals surface area contributed by atoms with Crippen molar-refractivity contribution < 1.29 is 21.6 Å². The molecule has 21 heavy (non-hydrogen) atoms. The lowest BCUT2D eigenvalue weighted by molar-refractivity contribution is -0.137. The highest BCUT2D eigenvalue weighted by Gasteiger charge is 2.30. The van der Waals surface area contributed by atoms with E-state index in [1.165, 1.54) is 24.3 Å². The SMILES string of the molecule is Cc1ccc(S(=O)(=O)Cc2cccc(C(F)(F)F)c2)cc1. The predicted molar refractivity (Wildman–Crippen MR) is 73.5 cm³/mol. The molecule has 0 amide bonds. The zero-order chi connectivity index (χ0) is 15.7. The Morgan fingerprint density at radius 3 is 2.19 bits per heavy atom. The van der Waals surface area contributed by atoms with E-state index in [1.54, 1.807) is 12.1 Å². The number of sulfone groups is 1. The molecule has 0 atom stereocenters. The van der Waals surface area contributed by atoms with E-state index in [2.05, 4.69) is 0 Å². The summed E-state index contributed by atoms with van der Waals surface area (Å²) in [4.78, 5) is 0.102. The summed E-state index contributed by atoms with van der Waals surface area (Å²) in [6.07, 6.45) is -4.48. The van der Waals surface area contributed by atoms with E-state index in [9.17, 15) is 21.6 Å². The quantitative estimate of drug-likeness (QED) is 0.858. The van der Waals surface area contributed by atoms with Crippen LogP contribution in [-0.4, -0.2) is 8.42 Å². The highest BCUT2D eigenvalue weighted by molar-refractivity contribution is 7.90. The predicted octanol–water partition coefficient (Wildman–Crippen LogP) is 3.99. The van der Waals surface area contributed by atoms with Crippen LogP contribution in [0.15, 0.2) is 53.4 Å². The molecule has 0 radical (unpaired) electrons. The Morgan fingerprint density at radius 2 is 1.62 bits per heavy atom. The summed E-state index contributed by atoms with van der Waals surface area (Å²) in [5, 5.41) is 0. The average molecular weight is 314 g/mol. The minimum atomic E-state index is -4.48. The second-order valence-corrected chi connectivity index (χ2v) is 6.76. The van der Waals surface area contributed by atoms with Crippen LogP contribution in [0, 0.1) is 6.92 Å². The number of alkyl halides is 3. The molecule has 2 nitrogen and oxygen atoms in total. The van der Waals surface area contributed by atoms with Crippen molar-refractivity contribution in [3.63, 3.8) is 0 Å². The first kappa shape index (κ1) is 15.6. The summed E-state index contributed by atoms with van der Waals surface area (Å²) in [5.74, 6) is -0.458. The van der Waals surface area contributed by atoms with Crippen molar-refractivity contribution >= 4 is 9.84 Å². The molecular weight excluding hydrogens is 301 g/mol. The number of hydrogen-bond acceptors (Lipinski definition) is 2. The van der Waals surface area contributed by atoms with Crippen LogP contribution >= 0.6 is 0 Å². The van der Waals surface area contributed by atoms with E-state index in [0.717, 1.165) is 17.7 Å². The van der Waals surface area contributed by atoms with Gasteiger partial charge in [-0.1, -0.05) is 35.9 Å². The molecule has 0 aliphatic rings. The topological polar surface area (TPSA) is 34.1 Å². The van der Waals surface area contributed by atoms with Crippen molar-refractivity contribution in [2.75, 3.05) is 0 Å². The minimum Gasteiger partial charge on any atom is -0.223 e. The Morgan fingerprint density at radius 1 is 1.00 bits per heavy atom. The zero-order valence-corrected chi connectivity index (χ0v) is 12.0. The molecule has 0 fully saturated rings. The van der Waals surface area contributed by atoms with Crippen molar-refractivity contribution in [1.82, 2.24) is 0 Å². The third-order valence-electron chi connectivity index (χ3n) is 2.99. The van der Waals surface area contributed by atoms with Gasteiger partial charge < -0.3 is 0 Å². The Kier molecular flexibility index (Phi) is 4.09. The van der Waals surface area contributed by atoms with E-state index in [1.807, 2.05) is 6.92 Å². The maximum Gasteiger partial charge on any atom is 0.416 e. The van der Waals surface area contributed by atoms with Crippen molar-refractivity contribution in [2.45, 2.75) is 23.7 Å². The molecule has 0 aliphatic heterocycles. The van der Waals surface area contributed by atoms with Crippen LogP contribution in [0.4, 0.5) is 13.2 Å². The van der Waals surface area contributed by atoms with Gasteiger partial charge >= 0.3 is 6.18 Å². The summed E-state index contributed by atoms with van der Waals surface area (Å²) >= 11 is 0. The molecule has 0 aromatic heterocycles. The van der Waals surface area contributed by atoms with Crippen molar-refractivity contribution in [2.24, 2.45) is 0 Å². The molecule has 2 rings (SSSR count). The lowest BCUT2D eigenvalue weighted by atomic mass is 10.1. The highest BCUT2D eigenvalue weighted by atomic mass is 32.2. The van der Waals surface area contributed by atoms with Gasteiger partial charge in [0, 0.05) is 0 Å². The largest absolute Gasteiger partial charge is 0.416 e. The van der Waals surface area contributed by atoms with Crippen LogP contribution < -0.4 is 0 Å². The number of halogens is 3. The Balaban J connectivity index is 2.31. The van der Waals surface area contributed by atoms with Crippen LogP contribution in [0.5, 0.6) is 0 Å². The molecule has 0 saturated carbocycles. The van der Waals surface area contributed by atoms with Crippen molar-refractivity contribution in [1.29, 1.82) is 0 Å². The lowest BCUT2D eigenvalue weighted by Crippen LogP contribution is -2.08. The smallest absolute Gasteiger partial charge is 0.223 e. The Bertz CT molecular complexity index is 732. The molecule has 0 spiro atoms. The molecule has 0 bridgehead atoms. The summed E-state index contributed by atoms with van der Waals surface area (Å²) in [6.45, 7) is 1.82. The van der Waals surface area contributed by atoms with Gasteiger partial charge in [-0.05, 0) is 30.7 Å². The summed E-state index contributed by atoms with van der Waals surface area (Å²) < 4.78 is 62.2. The van der Waals surface area contributed by atoms with Gasteiger partial charge in [-0.25, -0.2) is 8.42 Å². The second kappa shape index (κ2) is 5.52. The molecule has 0 N–H and O–H groups in total. The monoisotopic (exact) mass is 314 g/mol. The molecular formula is C15H13F3O2S. The molecule has 0 unspecified atom stereocenters. The first-order valence-electron chi connectivity index (χ1n) is 6.14. The number of benzene rings is 2. The maximum atomic E-state index is 12.6. The van der Waals surface area contributed by atoms with Gasteiger partial charge in [0.05, 0.1) is 16.2 Å². The van der Waals surface area contributed by atoms with Gasteiger partial charge in [-0.2, -0.15) is 13.2 Å².